The van der Waals surface area contributed by atoms with Gasteiger partial charge in [-0.25, -0.2) is 0 Å². The molecule has 22 heavy (non-hydrogen) atoms. The Labute approximate surface area is 128 Å². The number of aliphatic hydroxyl groups is 1. The van der Waals surface area contributed by atoms with Crippen molar-refractivity contribution in [3.05, 3.63) is 64.6 Å². The molecule has 0 aliphatic carbocycles. The van der Waals surface area contributed by atoms with Crippen molar-refractivity contribution in [1.29, 1.82) is 5.26 Å². The number of ether oxygens (including phenoxy) is 1. The van der Waals surface area contributed by atoms with Crippen LogP contribution in [-0.4, -0.2) is 16.8 Å². The third-order valence-corrected chi connectivity index (χ3v) is 4.05. The van der Waals surface area contributed by atoms with Crippen molar-refractivity contribution in [1.82, 2.24) is 0 Å². The molecule has 0 spiro atoms. The van der Waals surface area contributed by atoms with Crippen LogP contribution in [0.2, 0.25) is 0 Å². The van der Waals surface area contributed by atoms with E-state index in [2.05, 4.69) is 6.07 Å². The molecule has 5 heteroatoms. The van der Waals surface area contributed by atoms with Crippen LogP contribution >= 0.6 is 0 Å². The van der Waals surface area contributed by atoms with Crippen molar-refractivity contribution in [3.8, 4) is 11.8 Å². The summed E-state index contributed by atoms with van der Waals surface area (Å²) in [6, 6.07) is 12.2. The van der Waals surface area contributed by atoms with Gasteiger partial charge < -0.3 is 15.1 Å². The molecule has 0 fully saturated rings. The number of pyridine rings is 1. The molecule has 1 aromatic carbocycles. The standard InChI is InChI=1S/C17H16N2O3/c1-17(2)16(20)15(13-5-3-4-8-19(13)21)12-9-11(10-18)6-7-14(12)22-17/h3-9,15-16,20H,1-2H3/t15-,16+/m1/s1. The Morgan fingerprint density at radius 2 is 2.09 bits per heavy atom. The SMILES string of the molecule is CC1(C)Oc2ccc(C#N)cc2[C@H](c2cccc[n+]2[O-])[C@@H]1O. The van der Waals surface area contributed by atoms with Crippen molar-refractivity contribution in [2.75, 3.05) is 0 Å². The summed E-state index contributed by atoms with van der Waals surface area (Å²) in [5.74, 6) is 0.0360. The fourth-order valence-corrected chi connectivity index (χ4v) is 2.87. The van der Waals surface area contributed by atoms with Crippen LogP contribution in [0.1, 0.15) is 36.6 Å². The van der Waals surface area contributed by atoms with Crippen molar-refractivity contribution in [2.24, 2.45) is 0 Å². The first-order chi connectivity index (χ1) is 10.4. The lowest BCUT2D eigenvalue weighted by Crippen LogP contribution is -2.51. The predicted octanol–water partition coefficient (Wildman–Crippen LogP) is 1.86. The summed E-state index contributed by atoms with van der Waals surface area (Å²) in [6.07, 6.45) is 0.495. The summed E-state index contributed by atoms with van der Waals surface area (Å²) in [6.45, 7) is 3.56. The lowest BCUT2D eigenvalue weighted by molar-refractivity contribution is -0.616. The van der Waals surface area contributed by atoms with E-state index in [1.165, 1.54) is 6.20 Å². The van der Waals surface area contributed by atoms with E-state index in [1.807, 2.05) is 0 Å². The molecule has 2 aromatic rings. The van der Waals surface area contributed by atoms with Crippen LogP contribution in [0.5, 0.6) is 5.75 Å². The molecule has 0 saturated carbocycles. The molecule has 0 unspecified atom stereocenters. The number of nitriles is 1. The van der Waals surface area contributed by atoms with E-state index in [0.717, 1.165) is 4.73 Å². The topological polar surface area (TPSA) is 80.2 Å². The van der Waals surface area contributed by atoms with Crippen LogP contribution in [0.15, 0.2) is 42.6 Å². The fraction of sp³-hybridized carbons (Fsp3) is 0.294. The quantitative estimate of drug-likeness (QED) is 0.643. The molecule has 2 atom stereocenters. The van der Waals surface area contributed by atoms with Crippen LogP contribution in [-0.2, 0) is 0 Å². The van der Waals surface area contributed by atoms with Crippen molar-refractivity contribution >= 4 is 0 Å². The van der Waals surface area contributed by atoms with E-state index in [4.69, 9.17) is 10.00 Å². The fourth-order valence-electron chi connectivity index (χ4n) is 2.87. The van der Waals surface area contributed by atoms with E-state index in [-0.39, 0.29) is 0 Å². The molecule has 1 N–H and O–H groups in total. The third-order valence-electron chi connectivity index (χ3n) is 4.05. The van der Waals surface area contributed by atoms with E-state index in [9.17, 15) is 10.3 Å². The predicted molar refractivity (Wildman–Crippen MR) is 79.1 cm³/mol. The average molecular weight is 296 g/mol. The van der Waals surface area contributed by atoms with Gasteiger partial charge in [-0.2, -0.15) is 9.99 Å². The summed E-state index contributed by atoms with van der Waals surface area (Å²) in [7, 11) is 0. The normalized spacial score (nSPS) is 22.3. The molecule has 2 heterocycles. The van der Waals surface area contributed by atoms with Gasteiger partial charge in [0.25, 0.3) is 0 Å². The number of nitrogens with zero attached hydrogens (tertiary/aromatic N) is 2. The van der Waals surface area contributed by atoms with Crippen molar-refractivity contribution < 1.29 is 14.6 Å². The molecule has 0 bridgehead atoms. The van der Waals surface area contributed by atoms with Crippen LogP contribution < -0.4 is 9.47 Å². The van der Waals surface area contributed by atoms with E-state index < -0.39 is 17.6 Å². The second-order valence-electron chi connectivity index (χ2n) is 5.94. The lowest BCUT2D eigenvalue weighted by atomic mass is 9.79. The van der Waals surface area contributed by atoms with Crippen molar-refractivity contribution in [3.63, 3.8) is 0 Å². The van der Waals surface area contributed by atoms with Gasteiger partial charge in [-0.05, 0) is 38.1 Å². The molecular weight excluding hydrogens is 280 g/mol. The number of benzene rings is 1. The van der Waals surface area contributed by atoms with Gasteiger partial charge in [0.1, 0.15) is 23.4 Å². The van der Waals surface area contributed by atoms with Gasteiger partial charge in [0, 0.05) is 17.7 Å². The van der Waals surface area contributed by atoms with Crippen LogP contribution in [0.4, 0.5) is 0 Å². The lowest BCUT2D eigenvalue weighted by Gasteiger charge is -2.41. The molecule has 0 radical (unpaired) electrons. The van der Waals surface area contributed by atoms with E-state index in [0.29, 0.717) is 22.6 Å². The highest BCUT2D eigenvalue weighted by Crippen LogP contribution is 2.43. The molecule has 0 saturated heterocycles. The summed E-state index contributed by atoms with van der Waals surface area (Å²) in [5.41, 5.74) is 0.714. The molecule has 5 nitrogen and oxygen atoms in total. The Kier molecular flexibility index (Phi) is 3.27. The van der Waals surface area contributed by atoms with Gasteiger partial charge in [0.15, 0.2) is 6.20 Å². The smallest absolute Gasteiger partial charge is 0.203 e. The van der Waals surface area contributed by atoms with Gasteiger partial charge in [0.2, 0.25) is 5.69 Å². The summed E-state index contributed by atoms with van der Waals surface area (Å²) < 4.78 is 6.60. The Hall–Kier alpha value is -2.58. The molecule has 1 aliphatic rings. The van der Waals surface area contributed by atoms with Gasteiger partial charge in [-0.3, -0.25) is 0 Å². The zero-order chi connectivity index (χ0) is 15.9. The highest BCUT2D eigenvalue weighted by molar-refractivity contribution is 5.49. The number of hydrogen-bond donors (Lipinski definition) is 1. The average Bonchev–Trinajstić information content (AvgIpc) is 2.49. The highest BCUT2D eigenvalue weighted by atomic mass is 16.5. The zero-order valence-corrected chi connectivity index (χ0v) is 12.4. The maximum absolute atomic E-state index is 12.1. The van der Waals surface area contributed by atoms with Crippen LogP contribution in [0.3, 0.4) is 0 Å². The van der Waals surface area contributed by atoms with Gasteiger partial charge in [-0.1, -0.05) is 0 Å². The summed E-state index contributed by atoms with van der Waals surface area (Å²) in [4.78, 5) is 0. The molecule has 1 aromatic heterocycles. The van der Waals surface area contributed by atoms with Gasteiger partial charge >= 0.3 is 0 Å². The van der Waals surface area contributed by atoms with Crippen LogP contribution in [0.25, 0.3) is 0 Å². The van der Waals surface area contributed by atoms with Gasteiger partial charge in [-0.15, -0.1) is 0 Å². The Bertz CT molecular complexity index is 765. The Morgan fingerprint density at radius 1 is 1.32 bits per heavy atom. The molecule has 112 valence electrons. The van der Waals surface area contributed by atoms with E-state index in [1.54, 1.807) is 50.2 Å². The minimum atomic E-state index is -0.906. The van der Waals surface area contributed by atoms with Gasteiger partial charge in [0.05, 0.1) is 11.6 Å². The number of rotatable bonds is 1. The Morgan fingerprint density at radius 3 is 2.77 bits per heavy atom. The third kappa shape index (κ3) is 2.18. The minimum absolute atomic E-state index is 0.433. The zero-order valence-electron chi connectivity index (χ0n) is 12.4. The second-order valence-corrected chi connectivity index (χ2v) is 5.94. The van der Waals surface area contributed by atoms with E-state index >= 15 is 0 Å². The number of aliphatic hydroxyl groups excluding tert-OH is 1. The molecular formula is C17H16N2O3. The van der Waals surface area contributed by atoms with Crippen molar-refractivity contribution in [2.45, 2.75) is 31.5 Å². The Balaban J connectivity index is 2.24. The molecule has 0 amide bonds. The first-order valence-electron chi connectivity index (χ1n) is 7.03. The molecule has 3 rings (SSSR count). The first kappa shape index (κ1) is 14.4. The summed E-state index contributed by atoms with van der Waals surface area (Å²) in [5, 5.41) is 32.0. The minimum Gasteiger partial charge on any atom is -0.618 e. The number of aromatic nitrogens is 1. The first-order valence-corrected chi connectivity index (χ1v) is 7.03. The van der Waals surface area contributed by atoms with Crippen LogP contribution in [0, 0.1) is 16.5 Å². The number of fused-ring (bicyclic) bond motifs is 1. The number of hydrogen-bond acceptors (Lipinski definition) is 4. The monoisotopic (exact) mass is 296 g/mol. The highest BCUT2D eigenvalue weighted by Gasteiger charge is 2.46. The largest absolute Gasteiger partial charge is 0.618 e. The summed E-state index contributed by atoms with van der Waals surface area (Å²) >= 11 is 0. The maximum atomic E-state index is 12.1. The maximum Gasteiger partial charge on any atom is 0.203 e. The second kappa shape index (κ2) is 5.00. The molecule has 1 aliphatic heterocycles.